The number of hydrogen-bond donors (Lipinski definition) is 1. The number of nitrogens with zero attached hydrogens (tertiary/aromatic N) is 2. The lowest BCUT2D eigenvalue weighted by atomic mass is 10.1. The molecule has 3 nitrogen and oxygen atoms in total. The second kappa shape index (κ2) is 9.37. The molecule has 0 saturated heterocycles. The number of para-hydroxylation sites is 2. The van der Waals surface area contributed by atoms with Crippen molar-refractivity contribution in [3.05, 3.63) is 158 Å². The van der Waals surface area contributed by atoms with E-state index in [9.17, 15) is 0 Å². The van der Waals surface area contributed by atoms with Gasteiger partial charge in [-0.3, -0.25) is 4.57 Å². The summed E-state index contributed by atoms with van der Waals surface area (Å²) in [5.74, 6) is 1.06. The van der Waals surface area contributed by atoms with Crippen molar-refractivity contribution in [2.75, 3.05) is 0 Å². The quantitative estimate of drug-likeness (QED) is 0.226. The lowest BCUT2D eigenvalue weighted by Gasteiger charge is -2.10. The summed E-state index contributed by atoms with van der Waals surface area (Å²) in [4.78, 5) is 3.75. The van der Waals surface area contributed by atoms with E-state index >= 15 is 0 Å². The standard InChI is InChI=1S/C40H27N3/c1-3-11-27(12-4-1)28-19-21-30(22-20-28)42-36-18-10-8-16-33(36)39-37(42)25-23-32-31-15-7-9-17-35(31)43(40(32)39)38-26-24-34(41-38)29-13-5-2-6-14-29/h1-26,41H. The van der Waals surface area contributed by atoms with Crippen LogP contribution in [0, 0.1) is 0 Å². The number of benzene rings is 6. The summed E-state index contributed by atoms with van der Waals surface area (Å²) in [5, 5.41) is 5.00. The van der Waals surface area contributed by atoms with Gasteiger partial charge in [0.25, 0.3) is 0 Å². The molecule has 1 N–H and O–H groups in total. The first-order chi connectivity index (χ1) is 21.3. The molecule has 0 aliphatic carbocycles. The zero-order chi connectivity index (χ0) is 28.3. The summed E-state index contributed by atoms with van der Waals surface area (Å²) in [6.45, 7) is 0. The molecule has 0 fully saturated rings. The van der Waals surface area contributed by atoms with E-state index in [1.807, 2.05) is 0 Å². The van der Waals surface area contributed by atoms with E-state index in [-0.39, 0.29) is 0 Å². The molecule has 9 aromatic rings. The van der Waals surface area contributed by atoms with Crippen LogP contribution >= 0.6 is 0 Å². The van der Waals surface area contributed by atoms with Crippen LogP contribution in [0.15, 0.2) is 158 Å². The molecule has 0 atom stereocenters. The maximum absolute atomic E-state index is 3.75. The van der Waals surface area contributed by atoms with Crippen molar-refractivity contribution in [3.63, 3.8) is 0 Å². The highest BCUT2D eigenvalue weighted by Crippen LogP contribution is 2.42. The topological polar surface area (TPSA) is 25.6 Å². The minimum absolute atomic E-state index is 1.06. The molecule has 0 aliphatic heterocycles. The second-order valence-electron chi connectivity index (χ2n) is 11.1. The molecule has 3 heterocycles. The lowest BCUT2D eigenvalue weighted by molar-refractivity contribution is 1.11. The molecular weight excluding hydrogens is 522 g/mol. The Morgan fingerprint density at radius 2 is 0.977 bits per heavy atom. The fraction of sp³-hybridized carbons (Fsp3) is 0. The SMILES string of the molecule is c1ccc(-c2ccc(-n3c4ccccc4c4c3ccc3c5ccccc5n(-c5ccc(-c6ccccc6)[nH]5)c34)cc2)cc1. The highest BCUT2D eigenvalue weighted by Gasteiger charge is 2.21. The maximum Gasteiger partial charge on any atom is 0.115 e. The van der Waals surface area contributed by atoms with Crippen molar-refractivity contribution in [3.8, 4) is 33.9 Å². The number of aromatic nitrogens is 3. The minimum atomic E-state index is 1.06. The predicted molar refractivity (Wildman–Crippen MR) is 180 cm³/mol. The second-order valence-corrected chi connectivity index (χ2v) is 11.1. The monoisotopic (exact) mass is 549 g/mol. The Bertz CT molecular complexity index is 2420. The van der Waals surface area contributed by atoms with Crippen molar-refractivity contribution in [1.29, 1.82) is 0 Å². The summed E-state index contributed by atoms with van der Waals surface area (Å²) >= 11 is 0. The van der Waals surface area contributed by atoms with E-state index < -0.39 is 0 Å². The summed E-state index contributed by atoms with van der Waals surface area (Å²) in [6.07, 6.45) is 0. The van der Waals surface area contributed by atoms with Crippen molar-refractivity contribution in [2.45, 2.75) is 0 Å². The van der Waals surface area contributed by atoms with Gasteiger partial charge in [0.1, 0.15) is 5.82 Å². The Kier molecular flexibility index (Phi) is 5.20. The van der Waals surface area contributed by atoms with E-state index in [0.29, 0.717) is 0 Å². The van der Waals surface area contributed by atoms with Crippen LogP contribution in [0.25, 0.3) is 77.5 Å². The van der Waals surface area contributed by atoms with Crippen LogP contribution in [0.1, 0.15) is 0 Å². The van der Waals surface area contributed by atoms with Crippen molar-refractivity contribution in [2.24, 2.45) is 0 Å². The van der Waals surface area contributed by atoms with Gasteiger partial charge < -0.3 is 9.55 Å². The molecule has 0 aliphatic rings. The van der Waals surface area contributed by atoms with E-state index in [0.717, 1.165) is 17.2 Å². The number of H-pyrrole nitrogens is 1. The van der Waals surface area contributed by atoms with Crippen LogP contribution in [0.5, 0.6) is 0 Å². The van der Waals surface area contributed by atoms with Gasteiger partial charge >= 0.3 is 0 Å². The molecule has 43 heavy (non-hydrogen) atoms. The molecule has 0 unspecified atom stereocenters. The fourth-order valence-electron chi connectivity index (χ4n) is 6.77. The summed E-state index contributed by atoms with van der Waals surface area (Å²) in [6, 6.07) is 56.5. The highest BCUT2D eigenvalue weighted by atomic mass is 15.1. The number of nitrogens with one attached hydrogen (secondary N) is 1. The van der Waals surface area contributed by atoms with E-state index in [4.69, 9.17) is 0 Å². The van der Waals surface area contributed by atoms with Gasteiger partial charge in [-0.05, 0) is 59.2 Å². The van der Waals surface area contributed by atoms with Crippen LogP contribution in [0.3, 0.4) is 0 Å². The van der Waals surface area contributed by atoms with Crippen molar-refractivity contribution >= 4 is 43.6 Å². The normalized spacial score (nSPS) is 11.7. The van der Waals surface area contributed by atoms with Crippen LogP contribution in [0.4, 0.5) is 0 Å². The van der Waals surface area contributed by atoms with E-state index in [2.05, 4.69) is 172 Å². The molecule has 202 valence electrons. The molecule has 3 aromatic heterocycles. The Morgan fingerprint density at radius 1 is 0.372 bits per heavy atom. The molecule has 0 radical (unpaired) electrons. The first-order valence-corrected chi connectivity index (χ1v) is 14.7. The largest absolute Gasteiger partial charge is 0.341 e. The third-order valence-corrected chi connectivity index (χ3v) is 8.70. The molecular formula is C40H27N3. The minimum Gasteiger partial charge on any atom is -0.341 e. The first kappa shape index (κ1) is 23.9. The van der Waals surface area contributed by atoms with Gasteiger partial charge in [-0.1, -0.05) is 115 Å². The Morgan fingerprint density at radius 3 is 1.72 bits per heavy atom. The molecule has 0 saturated carbocycles. The Hall–Kier alpha value is -5.80. The molecule has 0 amide bonds. The molecule has 9 rings (SSSR count). The number of rotatable bonds is 4. The summed E-state index contributed by atoms with van der Waals surface area (Å²) < 4.78 is 4.82. The van der Waals surface area contributed by atoms with Crippen LogP contribution in [-0.2, 0) is 0 Å². The number of aromatic amines is 1. The number of hydrogen-bond acceptors (Lipinski definition) is 0. The van der Waals surface area contributed by atoms with Gasteiger partial charge in [0, 0.05) is 32.9 Å². The molecule has 0 bridgehead atoms. The average molecular weight is 550 g/mol. The Labute approximate surface area is 248 Å². The zero-order valence-corrected chi connectivity index (χ0v) is 23.4. The molecule has 3 heteroatoms. The van der Waals surface area contributed by atoms with E-state index in [1.54, 1.807) is 0 Å². The van der Waals surface area contributed by atoms with Crippen LogP contribution in [-0.4, -0.2) is 14.1 Å². The third kappa shape index (κ3) is 3.62. The maximum atomic E-state index is 3.75. The van der Waals surface area contributed by atoms with E-state index in [1.165, 1.54) is 60.3 Å². The lowest BCUT2D eigenvalue weighted by Crippen LogP contribution is -1.96. The van der Waals surface area contributed by atoms with Gasteiger partial charge in [0.15, 0.2) is 0 Å². The van der Waals surface area contributed by atoms with Gasteiger partial charge in [-0.15, -0.1) is 0 Å². The predicted octanol–water partition coefficient (Wildman–Crippen LogP) is 10.5. The van der Waals surface area contributed by atoms with Crippen LogP contribution in [0.2, 0.25) is 0 Å². The fourth-order valence-corrected chi connectivity index (χ4v) is 6.77. The van der Waals surface area contributed by atoms with Crippen molar-refractivity contribution in [1.82, 2.24) is 14.1 Å². The molecule has 6 aromatic carbocycles. The van der Waals surface area contributed by atoms with Gasteiger partial charge in [0.2, 0.25) is 0 Å². The Balaban J connectivity index is 1.34. The molecule has 0 spiro atoms. The van der Waals surface area contributed by atoms with Crippen molar-refractivity contribution < 1.29 is 0 Å². The van der Waals surface area contributed by atoms with Gasteiger partial charge in [-0.2, -0.15) is 0 Å². The third-order valence-electron chi connectivity index (χ3n) is 8.70. The average Bonchev–Trinajstić information content (AvgIpc) is 3.78. The van der Waals surface area contributed by atoms with Gasteiger partial charge in [-0.25, -0.2) is 0 Å². The first-order valence-electron chi connectivity index (χ1n) is 14.7. The highest BCUT2D eigenvalue weighted by molar-refractivity contribution is 6.26. The smallest absolute Gasteiger partial charge is 0.115 e. The summed E-state index contributed by atoms with van der Waals surface area (Å²) in [5.41, 5.74) is 10.7. The summed E-state index contributed by atoms with van der Waals surface area (Å²) in [7, 11) is 0. The zero-order valence-electron chi connectivity index (χ0n) is 23.4. The van der Waals surface area contributed by atoms with Crippen LogP contribution < -0.4 is 0 Å². The number of fused-ring (bicyclic) bond motifs is 7. The van der Waals surface area contributed by atoms with Gasteiger partial charge in [0.05, 0.1) is 22.1 Å².